The summed E-state index contributed by atoms with van der Waals surface area (Å²) in [5.41, 5.74) is 1.11. The van der Waals surface area contributed by atoms with Crippen LogP contribution >= 0.6 is 0 Å². The Morgan fingerprint density at radius 3 is 2.44 bits per heavy atom. The normalized spacial score (nSPS) is 20.5. The highest BCUT2D eigenvalue weighted by atomic mass is 16.2. The third kappa shape index (κ3) is 3.98. The lowest BCUT2D eigenvalue weighted by atomic mass is 9.90. The number of hydrogen-bond acceptors (Lipinski definition) is 4. The quantitative estimate of drug-likeness (QED) is 0.563. The number of fused-ring (bicyclic) bond motifs is 1. The number of imide groups is 1. The summed E-state index contributed by atoms with van der Waals surface area (Å²) < 4.78 is 0. The number of carbonyl (C=O) groups is 3. The molecule has 5 rings (SSSR count). The van der Waals surface area contributed by atoms with Gasteiger partial charge in [-0.25, -0.2) is 4.79 Å². The third-order valence-corrected chi connectivity index (χ3v) is 6.78. The van der Waals surface area contributed by atoms with Crippen LogP contribution in [0.15, 0.2) is 66.7 Å². The Morgan fingerprint density at radius 1 is 0.941 bits per heavy atom. The Morgan fingerprint density at radius 2 is 1.65 bits per heavy atom. The molecule has 174 valence electrons. The molecule has 2 saturated heterocycles. The second-order valence-electron chi connectivity index (χ2n) is 9.12. The minimum atomic E-state index is -1.23. The van der Waals surface area contributed by atoms with E-state index in [0.29, 0.717) is 11.3 Å². The molecule has 3 aromatic carbocycles. The zero-order valence-electron chi connectivity index (χ0n) is 19.2. The van der Waals surface area contributed by atoms with E-state index >= 15 is 0 Å². The number of nitrogens with one attached hydrogen (secondary N) is 2. The molecule has 2 heterocycles. The molecule has 34 heavy (non-hydrogen) atoms. The Labute approximate surface area is 198 Å². The van der Waals surface area contributed by atoms with Crippen molar-refractivity contribution < 1.29 is 14.4 Å². The van der Waals surface area contributed by atoms with Crippen LogP contribution in [0.1, 0.15) is 31.7 Å². The summed E-state index contributed by atoms with van der Waals surface area (Å²) in [4.78, 5) is 42.3. The second kappa shape index (κ2) is 8.82. The van der Waals surface area contributed by atoms with Crippen molar-refractivity contribution in [3.63, 3.8) is 0 Å². The van der Waals surface area contributed by atoms with Gasteiger partial charge in [0.15, 0.2) is 0 Å². The zero-order valence-corrected chi connectivity index (χ0v) is 19.2. The van der Waals surface area contributed by atoms with Crippen LogP contribution in [0.2, 0.25) is 0 Å². The van der Waals surface area contributed by atoms with E-state index in [9.17, 15) is 14.4 Å². The molecule has 2 fully saturated rings. The number of hydrogen-bond donors (Lipinski definition) is 2. The number of nitrogens with zero attached hydrogens (tertiary/aromatic N) is 2. The number of anilines is 2. The standard InChI is InChI=1S/C27H28N4O3/c1-27(21-14-13-19-9-3-4-10-20(19)17-21)25(33)31(26(34)29-27)18-24(32)28-22-11-5-6-12-23(22)30-15-7-2-8-16-30/h3-6,9-14,17H,2,7-8,15-16,18H2,1H3,(H,28,32)(H,29,34)/t27-/m0/s1. The summed E-state index contributed by atoms with van der Waals surface area (Å²) in [5, 5.41) is 7.74. The molecule has 0 radical (unpaired) electrons. The van der Waals surface area contributed by atoms with Crippen molar-refractivity contribution in [2.24, 2.45) is 0 Å². The molecule has 1 atom stereocenters. The van der Waals surface area contributed by atoms with Crippen LogP contribution < -0.4 is 15.5 Å². The van der Waals surface area contributed by atoms with E-state index in [0.717, 1.165) is 47.3 Å². The highest BCUT2D eigenvalue weighted by Gasteiger charge is 2.49. The van der Waals surface area contributed by atoms with E-state index in [-0.39, 0.29) is 6.54 Å². The number of rotatable bonds is 5. The lowest BCUT2D eigenvalue weighted by Gasteiger charge is -2.30. The highest BCUT2D eigenvalue weighted by Crippen LogP contribution is 2.32. The van der Waals surface area contributed by atoms with Crippen molar-refractivity contribution >= 4 is 40.0 Å². The van der Waals surface area contributed by atoms with Crippen LogP contribution in [0.25, 0.3) is 10.8 Å². The number of para-hydroxylation sites is 2. The van der Waals surface area contributed by atoms with Crippen LogP contribution in [-0.2, 0) is 15.1 Å². The summed E-state index contributed by atoms with van der Waals surface area (Å²) >= 11 is 0. The van der Waals surface area contributed by atoms with Crippen LogP contribution in [-0.4, -0.2) is 42.4 Å². The summed E-state index contributed by atoms with van der Waals surface area (Å²) in [6, 6.07) is 20.6. The summed E-state index contributed by atoms with van der Waals surface area (Å²) in [7, 11) is 0. The van der Waals surface area contributed by atoms with Crippen molar-refractivity contribution in [3.05, 3.63) is 72.3 Å². The van der Waals surface area contributed by atoms with Gasteiger partial charge in [-0.15, -0.1) is 0 Å². The van der Waals surface area contributed by atoms with E-state index in [4.69, 9.17) is 0 Å². The van der Waals surface area contributed by atoms with Crippen molar-refractivity contribution in [3.8, 4) is 0 Å². The first-order valence-electron chi connectivity index (χ1n) is 11.7. The number of carbonyl (C=O) groups excluding carboxylic acids is 3. The van der Waals surface area contributed by atoms with E-state index in [1.54, 1.807) is 6.92 Å². The van der Waals surface area contributed by atoms with Gasteiger partial charge >= 0.3 is 6.03 Å². The molecule has 7 heteroatoms. The largest absolute Gasteiger partial charge is 0.370 e. The molecule has 0 aliphatic carbocycles. The van der Waals surface area contributed by atoms with Crippen molar-refractivity contribution in [1.82, 2.24) is 10.2 Å². The maximum Gasteiger partial charge on any atom is 0.325 e. The molecule has 0 spiro atoms. The Balaban J connectivity index is 1.33. The Hall–Kier alpha value is -3.87. The van der Waals surface area contributed by atoms with Crippen LogP contribution in [0.5, 0.6) is 0 Å². The van der Waals surface area contributed by atoms with Crippen LogP contribution in [0.3, 0.4) is 0 Å². The molecule has 0 unspecified atom stereocenters. The number of amides is 4. The first-order chi connectivity index (χ1) is 16.5. The number of piperidine rings is 1. The minimum absolute atomic E-state index is 0.345. The summed E-state index contributed by atoms with van der Waals surface area (Å²) in [6.45, 7) is 3.23. The van der Waals surface area contributed by atoms with Gasteiger partial charge < -0.3 is 15.5 Å². The SMILES string of the molecule is C[C@@]1(c2ccc3ccccc3c2)NC(=O)N(CC(=O)Nc2ccccc2N2CCCCC2)C1=O. The molecule has 0 aromatic heterocycles. The van der Waals surface area contributed by atoms with Crippen molar-refractivity contribution in [2.75, 3.05) is 29.9 Å². The molecule has 7 nitrogen and oxygen atoms in total. The monoisotopic (exact) mass is 456 g/mol. The highest BCUT2D eigenvalue weighted by molar-refractivity contribution is 6.10. The first-order valence-corrected chi connectivity index (χ1v) is 11.7. The van der Waals surface area contributed by atoms with Gasteiger partial charge in [0.25, 0.3) is 5.91 Å². The third-order valence-electron chi connectivity index (χ3n) is 6.78. The minimum Gasteiger partial charge on any atom is -0.370 e. The maximum absolute atomic E-state index is 13.3. The first kappa shape index (κ1) is 21.9. The molecule has 2 aliphatic heterocycles. The van der Waals surface area contributed by atoms with Gasteiger partial charge in [-0.3, -0.25) is 14.5 Å². The molecular weight excluding hydrogens is 428 g/mol. The lowest BCUT2D eigenvalue weighted by molar-refractivity contribution is -0.133. The molecule has 2 N–H and O–H groups in total. The molecule has 2 aliphatic rings. The fraction of sp³-hybridized carbons (Fsp3) is 0.296. The lowest BCUT2D eigenvalue weighted by Crippen LogP contribution is -2.42. The smallest absolute Gasteiger partial charge is 0.325 e. The average molecular weight is 457 g/mol. The number of benzene rings is 3. The molecule has 0 bridgehead atoms. The van der Waals surface area contributed by atoms with Crippen LogP contribution in [0, 0.1) is 0 Å². The van der Waals surface area contributed by atoms with Gasteiger partial charge in [0, 0.05) is 13.1 Å². The van der Waals surface area contributed by atoms with Gasteiger partial charge in [-0.1, -0.05) is 48.5 Å². The van der Waals surface area contributed by atoms with Crippen molar-refractivity contribution in [2.45, 2.75) is 31.7 Å². The second-order valence-corrected chi connectivity index (χ2v) is 9.12. The van der Waals surface area contributed by atoms with E-state index in [1.165, 1.54) is 6.42 Å². The Kier molecular flexibility index (Phi) is 5.69. The van der Waals surface area contributed by atoms with Gasteiger partial charge in [-0.2, -0.15) is 0 Å². The predicted octanol–water partition coefficient (Wildman–Crippen LogP) is 4.24. The zero-order chi connectivity index (χ0) is 23.7. The van der Waals surface area contributed by atoms with E-state index in [1.807, 2.05) is 66.7 Å². The van der Waals surface area contributed by atoms with Gasteiger partial charge in [-0.05, 0) is 60.7 Å². The van der Waals surface area contributed by atoms with E-state index < -0.39 is 23.4 Å². The van der Waals surface area contributed by atoms with Crippen molar-refractivity contribution in [1.29, 1.82) is 0 Å². The van der Waals surface area contributed by atoms with E-state index in [2.05, 4.69) is 15.5 Å². The molecule has 4 amide bonds. The molecule has 0 saturated carbocycles. The molecule has 3 aromatic rings. The number of urea groups is 1. The Bertz CT molecular complexity index is 1270. The summed E-state index contributed by atoms with van der Waals surface area (Å²) in [5.74, 6) is -0.844. The van der Waals surface area contributed by atoms with Gasteiger partial charge in [0.05, 0.1) is 11.4 Å². The fourth-order valence-corrected chi connectivity index (χ4v) is 4.86. The average Bonchev–Trinajstić information content (AvgIpc) is 3.08. The maximum atomic E-state index is 13.3. The van der Waals surface area contributed by atoms with Gasteiger partial charge in [0.2, 0.25) is 5.91 Å². The molecular formula is C27H28N4O3. The topological polar surface area (TPSA) is 81.8 Å². The summed E-state index contributed by atoms with van der Waals surface area (Å²) in [6.07, 6.45) is 3.46. The van der Waals surface area contributed by atoms with Crippen LogP contribution in [0.4, 0.5) is 16.2 Å². The fourth-order valence-electron chi connectivity index (χ4n) is 4.86. The van der Waals surface area contributed by atoms with Gasteiger partial charge in [0.1, 0.15) is 12.1 Å². The predicted molar refractivity (Wildman–Crippen MR) is 133 cm³/mol.